The summed E-state index contributed by atoms with van der Waals surface area (Å²) in [7, 11) is 0. The molecule has 0 unspecified atom stereocenters. The van der Waals surface area contributed by atoms with E-state index in [-0.39, 0.29) is 17.9 Å². The Morgan fingerprint density at radius 1 is 1.11 bits per heavy atom. The molecule has 1 aliphatic rings. The predicted octanol–water partition coefficient (Wildman–Crippen LogP) is 3.20. The molecule has 192 valence electrons. The maximum absolute atomic E-state index is 13.1. The fourth-order valence-corrected chi connectivity index (χ4v) is 4.73. The van der Waals surface area contributed by atoms with Crippen LogP contribution >= 0.6 is 0 Å². The van der Waals surface area contributed by atoms with E-state index in [4.69, 9.17) is 9.47 Å². The number of fused-ring (bicyclic) bond motifs is 1. The molecule has 0 saturated carbocycles. The van der Waals surface area contributed by atoms with Gasteiger partial charge in [-0.05, 0) is 55.3 Å². The Hall–Kier alpha value is -3.82. The molecule has 4 aromatic rings. The second kappa shape index (κ2) is 11.1. The molecule has 9 heteroatoms. The third kappa shape index (κ3) is 5.63. The van der Waals surface area contributed by atoms with E-state index >= 15 is 0 Å². The number of morpholine rings is 1. The van der Waals surface area contributed by atoms with Gasteiger partial charge < -0.3 is 19.0 Å². The SMILES string of the molecule is CCOC(=O)Cc1nc2c(-c3ccccn3)cc(-c3cc(C)n(CCN4CCOCC4)c(=O)c3)cc2[nH]1. The molecule has 37 heavy (non-hydrogen) atoms. The lowest BCUT2D eigenvalue weighted by atomic mass is 10.00. The second-order valence-corrected chi connectivity index (χ2v) is 9.13. The standard InChI is InChI=1S/C28H31N5O4/c1-3-37-27(35)18-25-30-24-16-21(15-22(28(24)31-25)23-6-4-5-7-29-23)20-14-19(2)33(26(34)17-20)9-8-32-10-12-36-13-11-32/h4-7,14-17H,3,8-13,18H2,1-2H3,(H,30,31). The minimum Gasteiger partial charge on any atom is -0.466 e. The highest BCUT2D eigenvalue weighted by atomic mass is 16.5. The molecule has 1 saturated heterocycles. The summed E-state index contributed by atoms with van der Waals surface area (Å²) in [6, 6.07) is 13.4. The normalized spacial score (nSPS) is 14.2. The largest absolute Gasteiger partial charge is 0.466 e. The molecular weight excluding hydrogens is 470 g/mol. The number of rotatable bonds is 8. The summed E-state index contributed by atoms with van der Waals surface area (Å²) in [6.45, 7) is 8.79. The maximum atomic E-state index is 13.1. The summed E-state index contributed by atoms with van der Waals surface area (Å²) < 4.78 is 12.3. The van der Waals surface area contributed by atoms with Crippen LogP contribution in [0.15, 0.2) is 53.5 Å². The van der Waals surface area contributed by atoms with E-state index in [1.165, 1.54) is 0 Å². The average Bonchev–Trinajstić information content (AvgIpc) is 3.31. The Balaban J connectivity index is 1.51. The molecule has 0 atom stereocenters. The second-order valence-electron chi connectivity index (χ2n) is 9.13. The highest BCUT2D eigenvalue weighted by Gasteiger charge is 2.17. The summed E-state index contributed by atoms with van der Waals surface area (Å²) in [5.41, 5.74) is 5.65. The molecule has 5 rings (SSSR count). The third-order valence-corrected chi connectivity index (χ3v) is 6.61. The van der Waals surface area contributed by atoms with Crippen LogP contribution in [0, 0.1) is 6.92 Å². The zero-order valence-corrected chi connectivity index (χ0v) is 21.2. The van der Waals surface area contributed by atoms with Crippen molar-refractivity contribution in [3.8, 4) is 22.4 Å². The van der Waals surface area contributed by atoms with Crippen LogP contribution in [0.2, 0.25) is 0 Å². The number of carbonyl (C=O) groups is 1. The van der Waals surface area contributed by atoms with Crippen molar-refractivity contribution in [2.45, 2.75) is 26.8 Å². The zero-order valence-electron chi connectivity index (χ0n) is 21.2. The van der Waals surface area contributed by atoms with Gasteiger partial charge in [0.15, 0.2) is 0 Å². The summed E-state index contributed by atoms with van der Waals surface area (Å²) in [5.74, 6) is 0.190. The molecule has 0 amide bonds. The van der Waals surface area contributed by atoms with Gasteiger partial charge in [0.2, 0.25) is 0 Å². The van der Waals surface area contributed by atoms with Crippen molar-refractivity contribution in [1.82, 2.24) is 24.4 Å². The van der Waals surface area contributed by atoms with E-state index in [0.717, 1.165) is 72.0 Å². The Morgan fingerprint density at radius 2 is 1.92 bits per heavy atom. The fourth-order valence-electron chi connectivity index (χ4n) is 4.73. The predicted molar refractivity (Wildman–Crippen MR) is 141 cm³/mol. The van der Waals surface area contributed by atoms with Gasteiger partial charge >= 0.3 is 5.97 Å². The van der Waals surface area contributed by atoms with Crippen LogP contribution in [0.25, 0.3) is 33.4 Å². The van der Waals surface area contributed by atoms with Crippen molar-refractivity contribution in [2.24, 2.45) is 0 Å². The lowest BCUT2D eigenvalue weighted by Gasteiger charge is -2.27. The van der Waals surface area contributed by atoms with Gasteiger partial charge in [0.25, 0.3) is 5.56 Å². The van der Waals surface area contributed by atoms with Gasteiger partial charge in [-0.15, -0.1) is 0 Å². The number of carbonyl (C=O) groups excluding carboxylic acids is 1. The Morgan fingerprint density at radius 3 is 2.65 bits per heavy atom. The lowest BCUT2D eigenvalue weighted by molar-refractivity contribution is -0.142. The molecule has 0 bridgehead atoms. The zero-order chi connectivity index (χ0) is 25.8. The summed E-state index contributed by atoms with van der Waals surface area (Å²) in [5, 5.41) is 0. The van der Waals surface area contributed by atoms with Crippen LogP contribution in [-0.2, 0) is 27.2 Å². The number of hydrogen-bond acceptors (Lipinski definition) is 7. The van der Waals surface area contributed by atoms with Gasteiger partial charge in [0, 0.05) is 49.7 Å². The monoisotopic (exact) mass is 501 g/mol. The van der Waals surface area contributed by atoms with Crippen molar-refractivity contribution < 1.29 is 14.3 Å². The summed E-state index contributed by atoms with van der Waals surface area (Å²) >= 11 is 0. The van der Waals surface area contributed by atoms with Gasteiger partial charge in [-0.1, -0.05) is 6.07 Å². The number of nitrogens with one attached hydrogen (secondary N) is 1. The van der Waals surface area contributed by atoms with E-state index in [1.54, 1.807) is 19.2 Å². The molecule has 0 aliphatic carbocycles. The van der Waals surface area contributed by atoms with Gasteiger partial charge in [-0.2, -0.15) is 0 Å². The van der Waals surface area contributed by atoms with Crippen molar-refractivity contribution in [2.75, 3.05) is 39.5 Å². The third-order valence-electron chi connectivity index (χ3n) is 6.61. The van der Waals surface area contributed by atoms with Crippen molar-refractivity contribution in [3.05, 3.63) is 70.5 Å². The van der Waals surface area contributed by atoms with Crippen LogP contribution in [-0.4, -0.2) is 69.8 Å². The molecule has 1 fully saturated rings. The number of aryl methyl sites for hydroxylation is 1. The number of H-pyrrole nitrogens is 1. The first-order valence-electron chi connectivity index (χ1n) is 12.6. The minimum atomic E-state index is -0.336. The quantitative estimate of drug-likeness (QED) is 0.370. The number of aromatic amines is 1. The molecule has 4 heterocycles. The summed E-state index contributed by atoms with van der Waals surface area (Å²) in [6.07, 6.45) is 1.79. The van der Waals surface area contributed by atoms with Crippen molar-refractivity contribution in [1.29, 1.82) is 0 Å². The van der Waals surface area contributed by atoms with E-state index in [0.29, 0.717) is 19.0 Å². The van der Waals surface area contributed by atoms with E-state index < -0.39 is 0 Å². The number of aromatic nitrogens is 4. The Labute approximate surface area is 215 Å². The lowest BCUT2D eigenvalue weighted by Crippen LogP contribution is -2.39. The smallest absolute Gasteiger partial charge is 0.313 e. The number of hydrogen-bond donors (Lipinski definition) is 1. The molecule has 1 N–H and O–H groups in total. The molecular formula is C28H31N5O4. The van der Waals surface area contributed by atoms with Crippen molar-refractivity contribution >= 4 is 17.0 Å². The molecule has 1 aliphatic heterocycles. The van der Waals surface area contributed by atoms with Crippen LogP contribution in [0.4, 0.5) is 0 Å². The van der Waals surface area contributed by atoms with E-state index in [9.17, 15) is 9.59 Å². The Bertz CT molecular complexity index is 1450. The molecule has 9 nitrogen and oxygen atoms in total. The maximum Gasteiger partial charge on any atom is 0.313 e. The summed E-state index contributed by atoms with van der Waals surface area (Å²) in [4.78, 5) is 40.0. The van der Waals surface area contributed by atoms with Gasteiger partial charge in [-0.3, -0.25) is 19.5 Å². The Kier molecular flexibility index (Phi) is 7.43. The number of imidazole rings is 1. The number of pyridine rings is 2. The first-order chi connectivity index (χ1) is 18.0. The number of nitrogens with zero attached hydrogens (tertiary/aromatic N) is 4. The highest BCUT2D eigenvalue weighted by molar-refractivity contribution is 5.95. The van der Waals surface area contributed by atoms with Gasteiger partial charge in [0.05, 0.1) is 36.5 Å². The number of benzene rings is 1. The topological polar surface area (TPSA) is 102 Å². The van der Waals surface area contributed by atoms with Crippen molar-refractivity contribution in [3.63, 3.8) is 0 Å². The molecule has 0 spiro atoms. The first kappa shape index (κ1) is 24.9. The number of esters is 1. The van der Waals surface area contributed by atoms with E-state index in [1.807, 2.05) is 47.9 Å². The van der Waals surface area contributed by atoms with Crippen LogP contribution in [0.5, 0.6) is 0 Å². The first-order valence-corrected chi connectivity index (χ1v) is 12.6. The molecule has 3 aromatic heterocycles. The highest BCUT2D eigenvalue weighted by Crippen LogP contribution is 2.32. The minimum absolute atomic E-state index is 0.0321. The van der Waals surface area contributed by atoms with Gasteiger partial charge in [0.1, 0.15) is 12.2 Å². The fraction of sp³-hybridized carbons (Fsp3) is 0.357. The van der Waals surface area contributed by atoms with Crippen LogP contribution in [0.1, 0.15) is 18.4 Å². The average molecular weight is 502 g/mol. The van der Waals surface area contributed by atoms with Crippen LogP contribution in [0.3, 0.4) is 0 Å². The van der Waals surface area contributed by atoms with E-state index in [2.05, 4.69) is 19.9 Å². The van der Waals surface area contributed by atoms with Crippen LogP contribution < -0.4 is 5.56 Å². The number of ether oxygens (including phenoxy) is 2. The van der Waals surface area contributed by atoms with Gasteiger partial charge in [-0.25, -0.2) is 4.98 Å². The molecule has 1 aromatic carbocycles. The molecule has 0 radical (unpaired) electrons.